The second kappa shape index (κ2) is 6.52. The molecule has 108 valence electrons. The Labute approximate surface area is 120 Å². The first kappa shape index (κ1) is 14.5. The van der Waals surface area contributed by atoms with E-state index in [1.54, 1.807) is 6.20 Å². The molecule has 0 aliphatic rings. The van der Waals surface area contributed by atoms with Gasteiger partial charge < -0.3 is 10.1 Å². The third kappa shape index (κ3) is 3.57. The van der Waals surface area contributed by atoms with E-state index in [4.69, 9.17) is 4.74 Å². The van der Waals surface area contributed by atoms with Crippen molar-refractivity contribution < 1.29 is 4.74 Å². The highest BCUT2D eigenvalue weighted by Crippen LogP contribution is 2.21. The number of pyridine rings is 1. The highest BCUT2D eigenvalue weighted by atomic mass is 16.5. The summed E-state index contributed by atoms with van der Waals surface area (Å²) in [6.07, 6.45) is 3.60. The van der Waals surface area contributed by atoms with Crippen molar-refractivity contribution in [3.63, 3.8) is 0 Å². The molecule has 0 aromatic carbocycles. The summed E-state index contributed by atoms with van der Waals surface area (Å²) in [5.74, 6) is 1.32. The Morgan fingerprint density at radius 1 is 1.35 bits per heavy atom. The van der Waals surface area contributed by atoms with E-state index in [9.17, 15) is 0 Å². The van der Waals surface area contributed by atoms with Crippen LogP contribution >= 0.6 is 0 Å². The van der Waals surface area contributed by atoms with Crippen LogP contribution in [0.2, 0.25) is 0 Å². The minimum atomic E-state index is 0.324. The normalized spacial score (nSPS) is 11.1. The van der Waals surface area contributed by atoms with Crippen molar-refractivity contribution in [2.75, 3.05) is 6.54 Å². The van der Waals surface area contributed by atoms with Crippen molar-refractivity contribution in [1.29, 1.82) is 0 Å². The number of aryl methyl sites for hydroxylation is 1. The van der Waals surface area contributed by atoms with E-state index < -0.39 is 0 Å². The van der Waals surface area contributed by atoms with Gasteiger partial charge in [-0.1, -0.05) is 13.0 Å². The molecule has 20 heavy (non-hydrogen) atoms. The van der Waals surface area contributed by atoms with E-state index in [0.29, 0.717) is 17.7 Å². The van der Waals surface area contributed by atoms with Crippen LogP contribution in [0.15, 0.2) is 24.5 Å². The van der Waals surface area contributed by atoms with E-state index in [1.807, 2.05) is 29.9 Å². The van der Waals surface area contributed by atoms with E-state index in [-0.39, 0.29) is 0 Å². The maximum absolute atomic E-state index is 5.73. The summed E-state index contributed by atoms with van der Waals surface area (Å²) in [6.45, 7) is 10.0. The largest absolute Gasteiger partial charge is 0.436 e. The molecule has 1 N–H and O–H groups in total. The third-order valence-electron chi connectivity index (χ3n) is 3.06. The number of nitrogens with zero attached hydrogens (tertiary/aromatic N) is 3. The molecule has 2 aromatic rings. The molecular weight excluding hydrogens is 252 g/mol. The first-order chi connectivity index (χ1) is 9.60. The molecule has 0 fully saturated rings. The van der Waals surface area contributed by atoms with Crippen molar-refractivity contribution in [2.24, 2.45) is 0 Å². The van der Waals surface area contributed by atoms with Crippen LogP contribution in [0.4, 0.5) is 0 Å². The Morgan fingerprint density at radius 3 is 2.75 bits per heavy atom. The molecule has 0 aliphatic heterocycles. The summed E-state index contributed by atoms with van der Waals surface area (Å²) >= 11 is 0. The number of aromatic nitrogens is 3. The fourth-order valence-corrected chi connectivity index (χ4v) is 1.85. The summed E-state index contributed by atoms with van der Waals surface area (Å²) in [6, 6.07) is 4.27. The van der Waals surface area contributed by atoms with Crippen molar-refractivity contribution in [3.8, 4) is 11.6 Å². The molecule has 5 heteroatoms. The van der Waals surface area contributed by atoms with Crippen LogP contribution < -0.4 is 10.1 Å². The molecule has 0 bridgehead atoms. The van der Waals surface area contributed by atoms with Gasteiger partial charge in [-0.25, -0.2) is 4.98 Å². The van der Waals surface area contributed by atoms with Gasteiger partial charge in [0.1, 0.15) is 0 Å². The topological polar surface area (TPSA) is 52.0 Å². The van der Waals surface area contributed by atoms with Crippen LogP contribution in [0.1, 0.15) is 38.1 Å². The lowest BCUT2D eigenvalue weighted by molar-refractivity contribution is 0.457. The summed E-state index contributed by atoms with van der Waals surface area (Å²) in [7, 11) is 0. The van der Waals surface area contributed by atoms with E-state index >= 15 is 0 Å². The van der Waals surface area contributed by atoms with E-state index in [2.05, 4.69) is 36.2 Å². The fraction of sp³-hybridized carbons (Fsp3) is 0.467. The van der Waals surface area contributed by atoms with E-state index in [1.165, 1.54) is 5.56 Å². The zero-order valence-corrected chi connectivity index (χ0v) is 12.6. The highest BCUT2D eigenvalue weighted by Gasteiger charge is 2.06. The van der Waals surface area contributed by atoms with Gasteiger partial charge in [-0.15, -0.1) is 0 Å². The predicted molar refractivity (Wildman–Crippen MR) is 79.0 cm³/mol. The van der Waals surface area contributed by atoms with Crippen molar-refractivity contribution >= 4 is 0 Å². The van der Waals surface area contributed by atoms with Crippen LogP contribution in [0.25, 0.3) is 0 Å². The molecule has 0 unspecified atom stereocenters. The molecule has 0 aliphatic carbocycles. The summed E-state index contributed by atoms with van der Waals surface area (Å²) in [5.41, 5.74) is 2.18. The minimum Gasteiger partial charge on any atom is -0.436 e. The van der Waals surface area contributed by atoms with Gasteiger partial charge in [0.15, 0.2) is 5.75 Å². The van der Waals surface area contributed by atoms with Crippen molar-refractivity contribution in [3.05, 3.63) is 35.8 Å². The predicted octanol–water partition coefficient (Wildman–Crippen LogP) is 3.07. The maximum atomic E-state index is 5.73. The average molecular weight is 274 g/mol. The molecule has 0 amide bonds. The number of rotatable bonds is 6. The molecule has 2 aromatic heterocycles. The van der Waals surface area contributed by atoms with Gasteiger partial charge in [0.2, 0.25) is 5.88 Å². The number of ether oxygens (including phenoxy) is 1. The van der Waals surface area contributed by atoms with Crippen LogP contribution in [-0.2, 0) is 6.54 Å². The second-order valence-electron chi connectivity index (χ2n) is 5.03. The van der Waals surface area contributed by atoms with Gasteiger partial charge in [-0.3, -0.25) is 4.68 Å². The van der Waals surface area contributed by atoms with E-state index in [0.717, 1.165) is 18.8 Å². The molecular formula is C15H22N4O. The minimum absolute atomic E-state index is 0.324. The first-order valence-electron chi connectivity index (χ1n) is 6.99. The Bertz CT molecular complexity index is 563. The number of hydrogen-bond acceptors (Lipinski definition) is 4. The Kier molecular flexibility index (Phi) is 4.74. The summed E-state index contributed by atoms with van der Waals surface area (Å²) < 4.78 is 7.60. The summed E-state index contributed by atoms with van der Waals surface area (Å²) in [4.78, 5) is 4.48. The van der Waals surface area contributed by atoms with Gasteiger partial charge in [0.05, 0.1) is 12.4 Å². The molecule has 0 atom stereocenters. The van der Waals surface area contributed by atoms with Gasteiger partial charge in [0, 0.05) is 24.3 Å². The Hall–Kier alpha value is -1.88. The molecule has 0 spiro atoms. The van der Waals surface area contributed by atoms with Crippen molar-refractivity contribution in [2.45, 2.75) is 40.3 Å². The average Bonchev–Trinajstić information content (AvgIpc) is 2.86. The van der Waals surface area contributed by atoms with Crippen molar-refractivity contribution in [1.82, 2.24) is 20.1 Å². The lowest BCUT2D eigenvalue weighted by atomic mass is 10.2. The second-order valence-corrected chi connectivity index (χ2v) is 5.03. The molecule has 0 saturated heterocycles. The van der Waals surface area contributed by atoms with Crippen LogP contribution in [0.5, 0.6) is 11.6 Å². The molecule has 2 rings (SSSR count). The molecule has 5 nitrogen and oxygen atoms in total. The van der Waals surface area contributed by atoms with Crippen LogP contribution in [0, 0.1) is 6.92 Å². The van der Waals surface area contributed by atoms with Gasteiger partial charge in [0.25, 0.3) is 0 Å². The van der Waals surface area contributed by atoms with Gasteiger partial charge in [-0.05, 0) is 32.9 Å². The standard InChI is InChI=1S/C15H22N4O/c1-5-16-8-13-6-7-15(18-12(13)4)20-14-9-17-19(10-14)11(2)3/h6-7,9-11,16H,5,8H2,1-4H3. The highest BCUT2D eigenvalue weighted by molar-refractivity contribution is 5.28. The van der Waals surface area contributed by atoms with Gasteiger partial charge in [-0.2, -0.15) is 5.10 Å². The molecule has 0 saturated carbocycles. The monoisotopic (exact) mass is 274 g/mol. The molecule has 0 radical (unpaired) electrons. The SMILES string of the molecule is CCNCc1ccc(Oc2cnn(C(C)C)c2)nc1C. The number of nitrogens with one attached hydrogen (secondary N) is 1. The first-order valence-corrected chi connectivity index (χ1v) is 6.99. The quantitative estimate of drug-likeness (QED) is 0.879. The smallest absolute Gasteiger partial charge is 0.219 e. The zero-order valence-electron chi connectivity index (χ0n) is 12.6. The zero-order chi connectivity index (χ0) is 14.5. The Morgan fingerprint density at radius 2 is 2.15 bits per heavy atom. The third-order valence-corrected chi connectivity index (χ3v) is 3.06. The summed E-state index contributed by atoms with van der Waals surface area (Å²) in [5, 5.41) is 7.54. The van der Waals surface area contributed by atoms with Gasteiger partial charge >= 0.3 is 0 Å². The number of hydrogen-bond donors (Lipinski definition) is 1. The lowest BCUT2D eigenvalue weighted by Gasteiger charge is -2.08. The fourth-order valence-electron chi connectivity index (χ4n) is 1.85. The maximum Gasteiger partial charge on any atom is 0.219 e. The lowest BCUT2D eigenvalue weighted by Crippen LogP contribution is -2.13. The Balaban J connectivity index is 2.07. The van der Waals surface area contributed by atoms with Crippen LogP contribution in [0.3, 0.4) is 0 Å². The molecule has 2 heterocycles. The van der Waals surface area contributed by atoms with Crippen LogP contribution in [-0.4, -0.2) is 21.3 Å².